The predicted octanol–water partition coefficient (Wildman–Crippen LogP) is 2.46. The van der Waals surface area contributed by atoms with E-state index in [-0.39, 0.29) is 5.54 Å². The minimum Gasteiger partial charge on any atom is -0.306 e. The van der Waals surface area contributed by atoms with E-state index < -0.39 is 0 Å². The topological polar surface area (TPSA) is 42.7 Å². The van der Waals surface area contributed by atoms with Crippen LogP contribution in [-0.4, -0.2) is 20.5 Å². The van der Waals surface area contributed by atoms with Gasteiger partial charge in [0, 0.05) is 12.1 Å². The van der Waals surface area contributed by atoms with Gasteiger partial charge in [-0.1, -0.05) is 23.4 Å². The van der Waals surface area contributed by atoms with Crippen LogP contribution in [0, 0.1) is 6.92 Å². The van der Waals surface area contributed by atoms with Crippen molar-refractivity contribution >= 4 is 0 Å². The SMILES string of the molecule is Cc1ccccc1-n1cc(CNC(C)(C)C)nn1. The maximum absolute atomic E-state index is 4.19. The molecule has 1 aromatic heterocycles. The van der Waals surface area contributed by atoms with Gasteiger partial charge in [-0.2, -0.15) is 0 Å². The maximum Gasteiger partial charge on any atom is 0.0969 e. The second kappa shape index (κ2) is 4.90. The van der Waals surface area contributed by atoms with E-state index in [1.165, 1.54) is 5.56 Å². The van der Waals surface area contributed by atoms with Crippen LogP contribution in [0.15, 0.2) is 30.5 Å². The van der Waals surface area contributed by atoms with Crippen LogP contribution in [-0.2, 0) is 6.54 Å². The number of nitrogens with zero attached hydrogens (tertiary/aromatic N) is 3. The standard InChI is InChI=1S/C14H20N4/c1-11-7-5-6-8-13(11)18-10-12(16-17-18)9-15-14(2,3)4/h5-8,10,15H,9H2,1-4H3. The van der Waals surface area contributed by atoms with Gasteiger partial charge < -0.3 is 5.32 Å². The molecule has 2 rings (SSSR count). The maximum atomic E-state index is 4.19. The van der Waals surface area contributed by atoms with Crippen LogP contribution in [0.1, 0.15) is 32.0 Å². The molecule has 1 N–H and O–H groups in total. The zero-order valence-electron chi connectivity index (χ0n) is 11.4. The third-order valence-corrected chi connectivity index (χ3v) is 2.70. The number of aromatic nitrogens is 3. The highest BCUT2D eigenvalue weighted by Gasteiger charge is 2.10. The number of hydrogen-bond donors (Lipinski definition) is 1. The smallest absolute Gasteiger partial charge is 0.0969 e. The van der Waals surface area contributed by atoms with Crippen molar-refractivity contribution < 1.29 is 0 Å². The highest BCUT2D eigenvalue weighted by Crippen LogP contribution is 2.12. The average Bonchev–Trinajstić information content (AvgIpc) is 2.75. The molecule has 2 aromatic rings. The fourth-order valence-electron chi connectivity index (χ4n) is 1.67. The van der Waals surface area contributed by atoms with E-state index in [2.05, 4.69) is 49.4 Å². The monoisotopic (exact) mass is 244 g/mol. The molecule has 4 heteroatoms. The second-order valence-corrected chi connectivity index (χ2v) is 5.54. The Morgan fingerprint density at radius 3 is 2.61 bits per heavy atom. The average molecular weight is 244 g/mol. The Labute approximate surface area is 108 Å². The van der Waals surface area contributed by atoms with Crippen LogP contribution in [0.3, 0.4) is 0 Å². The molecule has 1 aromatic carbocycles. The van der Waals surface area contributed by atoms with Gasteiger partial charge >= 0.3 is 0 Å². The minimum atomic E-state index is 0.0897. The first-order chi connectivity index (χ1) is 8.46. The van der Waals surface area contributed by atoms with Crippen LogP contribution in [0.25, 0.3) is 5.69 Å². The lowest BCUT2D eigenvalue weighted by molar-refractivity contribution is 0.421. The van der Waals surface area contributed by atoms with Gasteiger partial charge in [0.1, 0.15) is 0 Å². The van der Waals surface area contributed by atoms with Crippen LogP contribution in [0.5, 0.6) is 0 Å². The van der Waals surface area contributed by atoms with E-state index in [0.29, 0.717) is 0 Å². The Hall–Kier alpha value is -1.68. The van der Waals surface area contributed by atoms with Crippen molar-refractivity contribution in [3.63, 3.8) is 0 Å². The Kier molecular flexibility index (Phi) is 3.48. The van der Waals surface area contributed by atoms with Crippen molar-refractivity contribution in [2.75, 3.05) is 0 Å². The van der Waals surface area contributed by atoms with Crippen molar-refractivity contribution in [2.45, 2.75) is 39.8 Å². The van der Waals surface area contributed by atoms with E-state index in [4.69, 9.17) is 0 Å². The number of hydrogen-bond acceptors (Lipinski definition) is 3. The summed E-state index contributed by atoms with van der Waals surface area (Å²) in [6.07, 6.45) is 1.97. The van der Waals surface area contributed by atoms with E-state index in [1.807, 2.05) is 29.1 Å². The second-order valence-electron chi connectivity index (χ2n) is 5.54. The Morgan fingerprint density at radius 2 is 1.94 bits per heavy atom. The molecule has 96 valence electrons. The molecule has 0 aliphatic heterocycles. The first-order valence-corrected chi connectivity index (χ1v) is 6.18. The van der Waals surface area contributed by atoms with Gasteiger partial charge in [-0.25, -0.2) is 4.68 Å². The normalized spacial score (nSPS) is 11.8. The number of nitrogens with one attached hydrogen (secondary N) is 1. The molecule has 0 amide bonds. The Balaban J connectivity index is 2.14. The summed E-state index contributed by atoms with van der Waals surface area (Å²) in [5, 5.41) is 11.8. The molecule has 0 bridgehead atoms. The molecular formula is C14H20N4. The summed E-state index contributed by atoms with van der Waals surface area (Å²) in [6, 6.07) is 8.16. The van der Waals surface area contributed by atoms with Crippen LogP contribution in [0.4, 0.5) is 0 Å². The first-order valence-electron chi connectivity index (χ1n) is 6.18. The van der Waals surface area contributed by atoms with E-state index in [0.717, 1.165) is 17.9 Å². The zero-order valence-corrected chi connectivity index (χ0v) is 11.4. The van der Waals surface area contributed by atoms with Crippen LogP contribution < -0.4 is 5.32 Å². The van der Waals surface area contributed by atoms with E-state index in [1.54, 1.807) is 0 Å². The first kappa shape index (κ1) is 12.8. The molecule has 4 nitrogen and oxygen atoms in total. The van der Waals surface area contributed by atoms with E-state index in [9.17, 15) is 0 Å². The largest absolute Gasteiger partial charge is 0.306 e. The lowest BCUT2D eigenvalue weighted by Gasteiger charge is -2.19. The van der Waals surface area contributed by atoms with Crippen LogP contribution >= 0.6 is 0 Å². The fourth-order valence-corrected chi connectivity index (χ4v) is 1.67. The highest BCUT2D eigenvalue weighted by molar-refractivity contribution is 5.38. The summed E-state index contributed by atoms with van der Waals surface area (Å²) in [5.74, 6) is 0. The molecule has 0 aliphatic carbocycles. The minimum absolute atomic E-state index is 0.0897. The van der Waals surface area contributed by atoms with Crippen molar-refractivity contribution in [2.24, 2.45) is 0 Å². The molecule has 0 aliphatic rings. The van der Waals surface area contributed by atoms with Crippen LogP contribution in [0.2, 0.25) is 0 Å². The summed E-state index contributed by atoms with van der Waals surface area (Å²) in [4.78, 5) is 0. The van der Waals surface area contributed by atoms with Gasteiger partial charge in [0.25, 0.3) is 0 Å². The number of para-hydroxylation sites is 1. The molecule has 0 fully saturated rings. The lowest BCUT2D eigenvalue weighted by Crippen LogP contribution is -2.35. The number of aryl methyl sites for hydroxylation is 1. The molecule has 0 spiro atoms. The van der Waals surface area contributed by atoms with Crippen molar-refractivity contribution in [1.82, 2.24) is 20.3 Å². The molecule has 18 heavy (non-hydrogen) atoms. The highest BCUT2D eigenvalue weighted by atomic mass is 15.4. The molecule has 0 saturated heterocycles. The Bertz CT molecular complexity index is 523. The van der Waals surface area contributed by atoms with Gasteiger partial charge in [-0.15, -0.1) is 5.10 Å². The van der Waals surface area contributed by atoms with Gasteiger partial charge in [-0.3, -0.25) is 0 Å². The van der Waals surface area contributed by atoms with E-state index >= 15 is 0 Å². The molecule has 0 unspecified atom stereocenters. The quantitative estimate of drug-likeness (QED) is 0.902. The van der Waals surface area contributed by atoms with Crippen molar-refractivity contribution in [3.8, 4) is 5.69 Å². The molecule has 0 saturated carbocycles. The van der Waals surface area contributed by atoms with Gasteiger partial charge in [-0.05, 0) is 39.3 Å². The summed E-state index contributed by atoms with van der Waals surface area (Å²) in [5.41, 5.74) is 3.31. The zero-order chi connectivity index (χ0) is 13.2. The summed E-state index contributed by atoms with van der Waals surface area (Å²) in [7, 11) is 0. The van der Waals surface area contributed by atoms with Gasteiger partial charge in [0.2, 0.25) is 0 Å². The molecule has 0 radical (unpaired) electrons. The van der Waals surface area contributed by atoms with Crippen molar-refractivity contribution in [3.05, 3.63) is 41.7 Å². The van der Waals surface area contributed by atoms with Gasteiger partial charge in [0.15, 0.2) is 0 Å². The molecular weight excluding hydrogens is 224 g/mol. The third-order valence-electron chi connectivity index (χ3n) is 2.70. The summed E-state index contributed by atoms with van der Waals surface area (Å²) >= 11 is 0. The van der Waals surface area contributed by atoms with Crippen molar-refractivity contribution in [1.29, 1.82) is 0 Å². The number of rotatable bonds is 3. The number of benzene rings is 1. The predicted molar refractivity (Wildman–Crippen MR) is 72.7 cm³/mol. The third kappa shape index (κ3) is 3.17. The summed E-state index contributed by atoms with van der Waals surface area (Å²) in [6.45, 7) is 9.22. The van der Waals surface area contributed by atoms with Gasteiger partial charge in [0.05, 0.1) is 17.6 Å². The fraction of sp³-hybridized carbons (Fsp3) is 0.429. The molecule has 0 atom stereocenters. The summed E-state index contributed by atoms with van der Waals surface area (Å²) < 4.78 is 1.83. The Morgan fingerprint density at radius 1 is 1.22 bits per heavy atom. The molecule has 1 heterocycles. The lowest BCUT2D eigenvalue weighted by atomic mass is 10.1.